The molecule has 1 unspecified atom stereocenters. The second-order valence-corrected chi connectivity index (χ2v) is 20.9. The second-order valence-electron chi connectivity index (χ2n) is 20.9. The molecule has 0 aromatic rings. The number of esters is 3. The van der Waals surface area contributed by atoms with Crippen molar-refractivity contribution in [3.8, 4) is 0 Å². The average molecular weight is 1060 g/mol. The summed E-state index contributed by atoms with van der Waals surface area (Å²) in [6.07, 6.45) is 87.0. The van der Waals surface area contributed by atoms with Gasteiger partial charge in [-0.25, -0.2) is 0 Å². The highest BCUT2D eigenvalue weighted by molar-refractivity contribution is 5.71. The Morgan fingerprint density at radius 1 is 0.276 bits per heavy atom. The Kier molecular flexibility index (Phi) is 60.3. The summed E-state index contributed by atoms with van der Waals surface area (Å²) in [5.74, 6) is -0.891. The smallest absolute Gasteiger partial charge is 0.306 e. The minimum absolute atomic E-state index is 0.0798. The lowest BCUT2D eigenvalue weighted by atomic mass is 10.0. The first-order valence-electron chi connectivity index (χ1n) is 31.9. The standard InChI is InChI=1S/C70H118O6/c1-4-7-10-13-16-18-20-22-24-26-28-30-31-32-33-34-35-36-37-38-39-41-42-44-46-48-50-52-54-57-60-63-69(72)75-66-67(65-74-68(71)62-59-56-15-12-9-6-3)76-70(73)64-61-58-55-53-51-49-47-45-43-40-29-27-25-23-21-19-17-14-11-8-5-2/h7-8,10-11,16-19,22-25,28-30,32-33,40,67H,4-6,9,12-15,20-21,26-27,31,34-39,41-66H2,1-3H3/b10-7-,11-8-,18-16-,19-17-,24-22-,25-23-,30-28-,33-32-,40-29-. The van der Waals surface area contributed by atoms with Gasteiger partial charge in [-0.15, -0.1) is 0 Å². The lowest BCUT2D eigenvalue weighted by Crippen LogP contribution is -2.30. The molecule has 1 atom stereocenters. The van der Waals surface area contributed by atoms with Gasteiger partial charge in [0.05, 0.1) is 0 Å². The van der Waals surface area contributed by atoms with Gasteiger partial charge in [0.1, 0.15) is 13.2 Å². The number of ether oxygens (including phenoxy) is 3. The molecule has 0 rings (SSSR count). The van der Waals surface area contributed by atoms with E-state index in [4.69, 9.17) is 14.2 Å². The van der Waals surface area contributed by atoms with Crippen LogP contribution in [0.2, 0.25) is 0 Å². The molecule has 0 N–H and O–H groups in total. The van der Waals surface area contributed by atoms with Gasteiger partial charge in [-0.3, -0.25) is 14.4 Å². The molecule has 0 heterocycles. The zero-order valence-corrected chi connectivity index (χ0v) is 49.7. The van der Waals surface area contributed by atoms with Crippen molar-refractivity contribution in [3.05, 3.63) is 109 Å². The lowest BCUT2D eigenvalue weighted by molar-refractivity contribution is -0.167. The molecule has 0 amide bonds. The summed E-state index contributed by atoms with van der Waals surface area (Å²) in [4.78, 5) is 38.0. The number of unbranched alkanes of at least 4 members (excludes halogenated alkanes) is 28. The van der Waals surface area contributed by atoms with Crippen LogP contribution in [0.15, 0.2) is 109 Å². The maximum Gasteiger partial charge on any atom is 0.306 e. The SMILES string of the molecule is CC/C=C\C/C=C\C/C=C\C/C=C\C/C=C\CCCCCCCCCCCCCCCCCC(=O)OCC(COC(=O)CCCCCCCC)OC(=O)CCCCCCCCCC/C=C\C/C=C\C/C=C\C/C=C\CC. The maximum atomic E-state index is 12.8. The van der Waals surface area contributed by atoms with Gasteiger partial charge in [-0.1, -0.05) is 284 Å². The molecule has 6 heteroatoms. The molecule has 434 valence electrons. The van der Waals surface area contributed by atoms with Gasteiger partial charge >= 0.3 is 17.9 Å². The molecule has 0 spiro atoms. The van der Waals surface area contributed by atoms with Crippen molar-refractivity contribution in [3.63, 3.8) is 0 Å². The Bertz CT molecular complexity index is 1540. The van der Waals surface area contributed by atoms with Gasteiger partial charge in [0, 0.05) is 19.3 Å². The molecule has 0 saturated carbocycles. The van der Waals surface area contributed by atoms with E-state index in [1.807, 2.05) is 0 Å². The molecule has 76 heavy (non-hydrogen) atoms. The highest BCUT2D eigenvalue weighted by atomic mass is 16.6. The number of carbonyl (C=O) groups excluding carboxylic acids is 3. The highest BCUT2D eigenvalue weighted by Crippen LogP contribution is 2.16. The van der Waals surface area contributed by atoms with E-state index in [1.54, 1.807) is 0 Å². The van der Waals surface area contributed by atoms with Crippen molar-refractivity contribution in [2.45, 2.75) is 303 Å². The number of allylic oxidation sites excluding steroid dienone is 18. The zero-order chi connectivity index (χ0) is 55.0. The number of rotatable bonds is 57. The summed E-state index contributed by atoms with van der Waals surface area (Å²) in [5.41, 5.74) is 0. The van der Waals surface area contributed by atoms with Crippen molar-refractivity contribution in [2.24, 2.45) is 0 Å². The first-order valence-corrected chi connectivity index (χ1v) is 31.9. The summed E-state index contributed by atoms with van der Waals surface area (Å²) in [7, 11) is 0. The van der Waals surface area contributed by atoms with Crippen LogP contribution in [0, 0.1) is 0 Å². The van der Waals surface area contributed by atoms with Crippen LogP contribution >= 0.6 is 0 Å². The molecule has 6 nitrogen and oxygen atoms in total. The van der Waals surface area contributed by atoms with Crippen LogP contribution in [-0.2, 0) is 28.6 Å². The predicted octanol–water partition coefficient (Wildman–Crippen LogP) is 21.8. The minimum atomic E-state index is -0.780. The van der Waals surface area contributed by atoms with Crippen LogP contribution in [-0.4, -0.2) is 37.2 Å². The molecule has 0 aliphatic carbocycles. The first kappa shape index (κ1) is 72.1. The summed E-state index contributed by atoms with van der Waals surface area (Å²) in [5, 5.41) is 0. The Hall–Kier alpha value is -3.93. The van der Waals surface area contributed by atoms with Gasteiger partial charge < -0.3 is 14.2 Å². The van der Waals surface area contributed by atoms with E-state index in [-0.39, 0.29) is 31.1 Å². The largest absolute Gasteiger partial charge is 0.462 e. The van der Waals surface area contributed by atoms with Crippen molar-refractivity contribution in [1.82, 2.24) is 0 Å². The Morgan fingerprint density at radius 3 is 0.803 bits per heavy atom. The van der Waals surface area contributed by atoms with Crippen molar-refractivity contribution < 1.29 is 28.6 Å². The third kappa shape index (κ3) is 60.9. The predicted molar refractivity (Wildman–Crippen MR) is 330 cm³/mol. The summed E-state index contributed by atoms with van der Waals surface area (Å²) >= 11 is 0. The van der Waals surface area contributed by atoms with E-state index >= 15 is 0 Å². The molecule has 0 radical (unpaired) electrons. The fraction of sp³-hybridized carbons (Fsp3) is 0.700. The van der Waals surface area contributed by atoms with Gasteiger partial charge in [0.2, 0.25) is 0 Å². The maximum absolute atomic E-state index is 12.8. The second kappa shape index (κ2) is 63.6. The fourth-order valence-electron chi connectivity index (χ4n) is 8.81. The first-order chi connectivity index (χ1) is 37.5. The monoisotopic (exact) mass is 1050 g/mol. The van der Waals surface area contributed by atoms with E-state index in [0.29, 0.717) is 19.3 Å². The Labute approximate surface area is 470 Å². The summed E-state index contributed by atoms with van der Waals surface area (Å²) in [6, 6.07) is 0. The van der Waals surface area contributed by atoms with Gasteiger partial charge in [0.15, 0.2) is 6.10 Å². The van der Waals surface area contributed by atoms with E-state index < -0.39 is 6.10 Å². The van der Waals surface area contributed by atoms with Crippen LogP contribution < -0.4 is 0 Å². The van der Waals surface area contributed by atoms with E-state index in [0.717, 1.165) is 122 Å². The van der Waals surface area contributed by atoms with E-state index in [2.05, 4.69) is 130 Å². The molecule has 0 aromatic heterocycles. The van der Waals surface area contributed by atoms with Crippen LogP contribution in [0.25, 0.3) is 0 Å². The quantitative estimate of drug-likeness (QED) is 0.0261. The van der Waals surface area contributed by atoms with Gasteiger partial charge in [0.25, 0.3) is 0 Å². The topological polar surface area (TPSA) is 78.9 Å². The molecule has 0 saturated heterocycles. The molecule has 0 fully saturated rings. The van der Waals surface area contributed by atoms with E-state index in [9.17, 15) is 14.4 Å². The van der Waals surface area contributed by atoms with Gasteiger partial charge in [-0.2, -0.15) is 0 Å². The number of carbonyl (C=O) groups is 3. The lowest BCUT2D eigenvalue weighted by Gasteiger charge is -2.18. The zero-order valence-electron chi connectivity index (χ0n) is 49.7. The Balaban J connectivity index is 4.06. The minimum Gasteiger partial charge on any atom is -0.462 e. The number of hydrogen-bond acceptors (Lipinski definition) is 6. The van der Waals surface area contributed by atoms with Crippen LogP contribution in [0.4, 0.5) is 0 Å². The Morgan fingerprint density at radius 2 is 0.513 bits per heavy atom. The molecule has 0 aliphatic rings. The molecule has 0 aromatic carbocycles. The van der Waals surface area contributed by atoms with Crippen molar-refractivity contribution >= 4 is 17.9 Å². The molecular weight excluding hydrogens is 937 g/mol. The van der Waals surface area contributed by atoms with Crippen LogP contribution in [0.5, 0.6) is 0 Å². The average Bonchev–Trinajstić information content (AvgIpc) is 3.42. The number of hydrogen-bond donors (Lipinski definition) is 0. The summed E-state index contributed by atoms with van der Waals surface area (Å²) < 4.78 is 16.8. The molecule has 0 aliphatic heterocycles. The normalized spacial score (nSPS) is 12.8. The van der Waals surface area contributed by atoms with Crippen LogP contribution in [0.3, 0.4) is 0 Å². The van der Waals surface area contributed by atoms with Crippen molar-refractivity contribution in [1.29, 1.82) is 0 Å². The van der Waals surface area contributed by atoms with Crippen LogP contribution in [0.1, 0.15) is 297 Å². The van der Waals surface area contributed by atoms with Gasteiger partial charge in [-0.05, 0) is 103 Å². The fourth-order valence-corrected chi connectivity index (χ4v) is 8.81. The third-order valence-electron chi connectivity index (χ3n) is 13.5. The highest BCUT2D eigenvalue weighted by Gasteiger charge is 2.19. The van der Waals surface area contributed by atoms with E-state index in [1.165, 1.54) is 135 Å². The summed E-state index contributed by atoms with van der Waals surface area (Å²) in [6.45, 7) is 6.36. The molecule has 0 bridgehead atoms. The van der Waals surface area contributed by atoms with Crippen molar-refractivity contribution in [2.75, 3.05) is 13.2 Å². The molecular formula is C70H118O6. The third-order valence-corrected chi connectivity index (χ3v) is 13.5.